The minimum absolute atomic E-state index is 0.346. The molecule has 1 heterocycles. The third-order valence-electron chi connectivity index (χ3n) is 10.4. The van der Waals surface area contributed by atoms with Crippen molar-refractivity contribution in [2.45, 2.75) is 96.9 Å². The molecule has 5 aliphatic rings. The summed E-state index contributed by atoms with van der Waals surface area (Å²) in [6, 6.07) is 0. The molecule has 0 spiro atoms. The normalized spacial score (nSPS) is 57.0. The maximum absolute atomic E-state index is 10.7. The number of aliphatic hydroxyl groups is 1. The van der Waals surface area contributed by atoms with Gasteiger partial charge in [-0.15, -0.1) is 0 Å². The molecule has 5 fully saturated rings. The molecule has 1 aliphatic heterocycles. The van der Waals surface area contributed by atoms with E-state index in [9.17, 15) is 5.11 Å². The first-order valence-corrected chi connectivity index (χ1v) is 11.7. The first-order chi connectivity index (χ1) is 12.7. The van der Waals surface area contributed by atoms with Crippen molar-refractivity contribution in [2.24, 2.45) is 40.4 Å². The van der Waals surface area contributed by atoms with Gasteiger partial charge in [0.1, 0.15) is 0 Å². The molecule has 0 aromatic carbocycles. The second-order valence-corrected chi connectivity index (χ2v) is 11.7. The zero-order valence-corrected chi connectivity index (χ0v) is 17.9. The highest BCUT2D eigenvalue weighted by atomic mass is 16.7. The van der Waals surface area contributed by atoms with Crippen molar-refractivity contribution in [1.29, 1.82) is 0 Å². The summed E-state index contributed by atoms with van der Waals surface area (Å²) in [6.45, 7) is 11.0. The predicted octanol–water partition coefficient (Wildman–Crippen LogP) is 5.16. The van der Waals surface area contributed by atoms with Gasteiger partial charge in [0.25, 0.3) is 0 Å². The van der Waals surface area contributed by atoms with Gasteiger partial charge < -0.3 is 14.6 Å². The Kier molecular flexibility index (Phi) is 4.16. The van der Waals surface area contributed by atoms with Gasteiger partial charge in [0, 0.05) is 5.92 Å². The van der Waals surface area contributed by atoms with Crippen molar-refractivity contribution < 1.29 is 14.6 Å². The fourth-order valence-electron chi connectivity index (χ4n) is 9.02. The van der Waals surface area contributed by atoms with E-state index in [0.717, 1.165) is 49.7 Å². The molecule has 0 unspecified atom stereocenters. The standard InChI is InChI=1S/C24H40O3/c1-21(25)11-12-22(2)16(15-21)5-6-17-18-7-8-20(24(4)26-13-14-27-24)23(18,3)10-9-19(17)22/h16-20,25H,5-15H2,1-4H3/t16-,17-,18-,19-,20-,21+,22-,23-/m0/s1. The van der Waals surface area contributed by atoms with Crippen LogP contribution >= 0.6 is 0 Å². The van der Waals surface area contributed by atoms with Crippen molar-refractivity contribution in [3.05, 3.63) is 0 Å². The van der Waals surface area contributed by atoms with E-state index in [1.807, 2.05) is 0 Å². The maximum atomic E-state index is 10.7. The molecule has 4 saturated carbocycles. The Labute approximate surface area is 165 Å². The van der Waals surface area contributed by atoms with E-state index in [4.69, 9.17) is 9.47 Å². The average Bonchev–Trinajstić information content (AvgIpc) is 3.19. The summed E-state index contributed by atoms with van der Waals surface area (Å²) in [5, 5.41) is 10.7. The highest BCUT2D eigenvalue weighted by Gasteiger charge is 2.64. The molecule has 5 rings (SSSR count). The van der Waals surface area contributed by atoms with Crippen LogP contribution in [0.2, 0.25) is 0 Å². The van der Waals surface area contributed by atoms with Gasteiger partial charge in [0.2, 0.25) is 0 Å². The largest absolute Gasteiger partial charge is 0.390 e. The SMILES string of the molecule is CC1([C@H]2CC[C@H]3[C@@H]4CC[C@H]5C[C@](C)(O)CC[C@]5(C)[C@H]4CC[C@]23C)OCCO1. The molecule has 0 aromatic rings. The zero-order chi connectivity index (χ0) is 19.1. The second kappa shape index (κ2) is 5.95. The lowest BCUT2D eigenvalue weighted by Crippen LogP contribution is -2.56. The van der Waals surface area contributed by atoms with E-state index >= 15 is 0 Å². The Bertz CT molecular complexity index is 594. The molecular formula is C24H40O3. The Morgan fingerprint density at radius 3 is 2.19 bits per heavy atom. The van der Waals surface area contributed by atoms with E-state index < -0.39 is 5.60 Å². The Morgan fingerprint density at radius 2 is 1.44 bits per heavy atom. The molecular weight excluding hydrogens is 336 g/mol. The fourth-order valence-corrected chi connectivity index (χ4v) is 9.02. The van der Waals surface area contributed by atoms with Crippen LogP contribution in [0.5, 0.6) is 0 Å². The summed E-state index contributed by atoms with van der Waals surface area (Å²) in [5.74, 6) is 3.51. The van der Waals surface area contributed by atoms with Crippen LogP contribution in [0.3, 0.4) is 0 Å². The van der Waals surface area contributed by atoms with Crippen LogP contribution < -0.4 is 0 Å². The van der Waals surface area contributed by atoms with Crippen molar-refractivity contribution >= 4 is 0 Å². The van der Waals surface area contributed by atoms with Crippen molar-refractivity contribution in [3.8, 4) is 0 Å². The number of ether oxygens (including phenoxy) is 2. The smallest absolute Gasteiger partial charge is 0.169 e. The van der Waals surface area contributed by atoms with Crippen molar-refractivity contribution in [3.63, 3.8) is 0 Å². The molecule has 1 saturated heterocycles. The van der Waals surface area contributed by atoms with E-state index in [1.54, 1.807) is 0 Å². The number of fused-ring (bicyclic) bond motifs is 5. The average molecular weight is 377 g/mol. The minimum Gasteiger partial charge on any atom is -0.390 e. The van der Waals surface area contributed by atoms with E-state index in [1.165, 1.54) is 44.9 Å². The van der Waals surface area contributed by atoms with Gasteiger partial charge in [-0.05, 0) is 106 Å². The molecule has 3 nitrogen and oxygen atoms in total. The molecule has 0 bridgehead atoms. The third-order valence-corrected chi connectivity index (χ3v) is 10.4. The van der Waals surface area contributed by atoms with Gasteiger partial charge in [-0.2, -0.15) is 0 Å². The van der Waals surface area contributed by atoms with E-state index in [0.29, 0.717) is 16.7 Å². The second-order valence-electron chi connectivity index (χ2n) is 11.7. The Hall–Kier alpha value is -0.120. The van der Waals surface area contributed by atoms with E-state index in [2.05, 4.69) is 27.7 Å². The molecule has 27 heavy (non-hydrogen) atoms. The lowest BCUT2D eigenvalue weighted by atomic mass is 9.44. The Balaban J connectivity index is 1.41. The summed E-state index contributed by atoms with van der Waals surface area (Å²) < 4.78 is 12.3. The van der Waals surface area contributed by atoms with Crippen molar-refractivity contribution in [1.82, 2.24) is 0 Å². The lowest BCUT2D eigenvalue weighted by molar-refractivity contribution is -0.219. The molecule has 4 aliphatic carbocycles. The Morgan fingerprint density at radius 1 is 0.741 bits per heavy atom. The van der Waals surface area contributed by atoms with Crippen LogP contribution in [-0.4, -0.2) is 29.7 Å². The number of hydrogen-bond acceptors (Lipinski definition) is 3. The van der Waals surface area contributed by atoms with Gasteiger partial charge in [-0.25, -0.2) is 0 Å². The van der Waals surface area contributed by atoms with Crippen LogP contribution in [0.25, 0.3) is 0 Å². The number of hydrogen-bond donors (Lipinski definition) is 1. The van der Waals surface area contributed by atoms with Crippen LogP contribution in [-0.2, 0) is 9.47 Å². The van der Waals surface area contributed by atoms with Gasteiger partial charge in [-0.1, -0.05) is 13.8 Å². The minimum atomic E-state index is -0.426. The highest BCUT2D eigenvalue weighted by molar-refractivity contribution is 5.11. The summed E-state index contributed by atoms with van der Waals surface area (Å²) in [5.41, 5.74) is 0.406. The van der Waals surface area contributed by atoms with Crippen LogP contribution in [0, 0.1) is 40.4 Å². The van der Waals surface area contributed by atoms with Crippen LogP contribution in [0.15, 0.2) is 0 Å². The van der Waals surface area contributed by atoms with Crippen LogP contribution in [0.1, 0.15) is 85.5 Å². The first kappa shape index (κ1) is 18.9. The van der Waals surface area contributed by atoms with Gasteiger partial charge in [-0.3, -0.25) is 0 Å². The first-order valence-electron chi connectivity index (χ1n) is 11.7. The van der Waals surface area contributed by atoms with Gasteiger partial charge >= 0.3 is 0 Å². The quantitative estimate of drug-likeness (QED) is 0.687. The molecule has 154 valence electrons. The van der Waals surface area contributed by atoms with Crippen LogP contribution in [0.4, 0.5) is 0 Å². The monoisotopic (exact) mass is 376 g/mol. The topological polar surface area (TPSA) is 38.7 Å². The highest BCUT2D eigenvalue weighted by Crippen LogP contribution is 2.69. The summed E-state index contributed by atoms with van der Waals surface area (Å²) in [7, 11) is 0. The molecule has 3 heteroatoms. The fraction of sp³-hybridized carbons (Fsp3) is 1.00. The third kappa shape index (κ3) is 2.63. The molecule has 1 N–H and O–H groups in total. The molecule has 0 aromatic heterocycles. The summed E-state index contributed by atoms with van der Waals surface area (Å²) in [6.07, 6.45) is 11.3. The maximum Gasteiger partial charge on any atom is 0.169 e. The molecule has 8 atom stereocenters. The van der Waals surface area contributed by atoms with Gasteiger partial charge in [0.15, 0.2) is 5.79 Å². The lowest BCUT2D eigenvalue weighted by Gasteiger charge is -2.62. The molecule has 0 amide bonds. The predicted molar refractivity (Wildman–Crippen MR) is 106 cm³/mol. The summed E-state index contributed by atoms with van der Waals surface area (Å²) >= 11 is 0. The molecule has 0 radical (unpaired) electrons. The zero-order valence-electron chi connectivity index (χ0n) is 17.9. The summed E-state index contributed by atoms with van der Waals surface area (Å²) in [4.78, 5) is 0. The van der Waals surface area contributed by atoms with E-state index in [-0.39, 0.29) is 5.79 Å². The van der Waals surface area contributed by atoms with Crippen molar-refractivity contribution in [2.75, 3.05) is 13.2 Å². The number of rotatable bonds is 1. The van der Waals surface area contributed by atoms with Gasteiger partial charge in [0.05, 0.1) is 18.8 Å².